The Hall–Kier alpha value is -0.780. The molecule has 1 atom stereocenters. The molecule has 0 amide bonds. The zero-order chi connectivity index (χ0) is 13.0. The Bertz CT molecular complexity index is 495. The van der Waals surface area contributed by atoms with Gasteiger partial charge in [-0.2, -0.15) is 0 Å². The molecule has 0 aromatic carbocycles. The summed E-state index contributed by atoms with van der Waals surface area (Å²) < 4.78 is 1.16. The molecule has 2 aromatic rings. The van der Waals surface area contributed by atoms with Gasteiger partial charge in [-0.3, -0.25) is 0 Å². The smallest absolute Gasteiger partial charge is 0.145 e. The predicted octanol–water partition coefficient (Wildman–Crippen LogP) is 3.50. The Kier molecular flexibility index (Phi) is 4.86. The van der Waals surface area contributed by atoms with E-state index in [1.54, 1.807) is 11.3 Å². The van der Waals surface area contributed by atoms with Crippen molar-refractivity contribution in [1.29, 1.82) is 0 Å². The highest BCUT2D eigenvalue weighted by Crippen LogP contribution is 2.25. The van der Waals surface area contributed by atoms with Crippen LogP contribution >= 0.6 is 27.3 Å². The maximum Gasteiger partial charge on any atom is 0.145 e. The molecule has 18 heavy (non-hydrogen) atoms. The molecule has 0 spiro atoms. The molecule has 0 saturated carbocycles. The van der Waals surface area contributed by atoms with E-state index in [0.29, 0.717) is 0 Å². The summed E-state index contributed by atoms with van der Waals surface area (Å²) in [4.78, 5) is 10.2. The van der Waals surface area contributed by atoms with Gasteiger partial charge in [0.2, 0.25) is 0 Å². The van der Waals surface area contributed by atoms with Crippen LogP contribution in [0.15, 0.2) is 28.3 Å². The Morgan fingerprint density at radius 1 is 1.33 bits per heavy atom. The number of likely N-dealkylation sites (N-methyl/N-ethyl adjacent to an activating group) is 1. The standard InChI is InChI=1S/C13H16BrN3S/c1-3-15-11(6-10-4-5-12(14)18-10)13-16-7-9(2)8-17-13/h4-5,7-8,11,15H,3,6H2,1-2H3. The Labute approximate surface area is 120 Å². The quantitative estimate of drug-likeness (QED) is 0.914. The van der Waals surface area contributed by atoms with E-state index in [2.05, 4.69) is 50.3 Å². The second kappa shape index (κ2) is 6.41. The summed E-state index contributed by atoms with van der Waals surface area (Å²) in [6, 6.07) is 4.41. The highest BCUT2D eigenvalue weighted by Gasteiger charge is 2.14. The Morgan fingerprint density at radius 2 is 2.06 bits per heavy atom. The number of thiophene rings is 1. The third-order valence-corrected chi connectivity index (χ3v) is 4.24. The zero-order valence-electron chi connectivity index (χ0n) is 10.5. The fourth-order valence-electron chi connectivity index (χ4n) is 1.75. The van der Waals surface area contributed by atoms with Crippen LogP contribution in [0.3, 0.4) is 0 Å². The normalized spacial score (nSPS) is 12.6. The molecule has 2 rings (SSSR count). The fraction of sp³-hybridized carbons (Fsp3) is 0.385. The van der Waals surface area contributed by atoms with Crippen LogP contribution in [0.2, 0.25) is 0 Å². The lowest BCUT2D eigenvalue weighted by Crippen LogP contribution is -2.24. The average Bonchev–Trinajstić information content (AvgIpc) is 2.75. The number of nitrogens with zero attached hydrogens (tertiary/aromatic N) is 2. The molecule has 0 fully saturated rings. The van der Waals surface area contributed by atoms with Gasteiger partial charge in [0.05, 0.1) is 9.83 Å². The largest absolute Gasteiger partial charge is 0.307 e. The van der Waals surface area contributed by atoms with E-state index in [1.165, 1.54) is 4.88 Å². The lowest BCUT2D eigenvalue weighted by Gasteiger charge is -2.15. The molecule has 0 radical (unpaired) electrons. The molecular weight excluding hydrogens is 310 g/mol. The van der Waals surface area contributed by atoms with E-state index in [0.717, 1.165) is 28.1 Å². The Balaban J connectivity index is 2.14. The van der Waals surface area contributed by atoms with Crippen LogP contribution in [0.5, 0.6) is 0 Å². The van der Waals surface area contributed by atoms with E-state index in [9.17, 15) is 0 Å². The van der Waals surface area contributed by atoms with Crippen molar-refractivity contribution >= 4 is 27.3 Å². The van der Waals surface area contributed by atoms with Gasteiger partial charge in [0.1, 0.15) is 5.82 Å². The zero-order valence-corrected chi connectivity index (χ0v) is 12.9. The van der Waals surface area contributed by atoms with Crippen LogP contribution in [-0.4, -0.2) is 16.5 Å². The van der Waals surface area contributed by atoms with Gasteiger partial charge in [-0.1, -0.05) is 6.92 Å². The molecule has 0 bridgehead atoms. The van der Waals surface area contributed by atoms with Crippen LogP contribution in [0.25, 0.3) is 0 Å². The van der Waals surface area contributed by atoms with Gasteiger partial charge in [-0.15, -0.1) is 11.3 Å². The molecule has 5 heteroatoms. The number of rotatable bonds is 5. The minimum absolute atomic E-state index is 0.182. The number of aryl methyl sites for hydroxylation is 1. The van der Waals surface area contributed by atoms with Crippen molar-refractivity contribution in [3.8, 4) is 0 Å². The third kappa shape index (κ3) is 3.60. The van der Waals surface area contributed by atoms with Crippen molar-refractivity contribution < 1.29 is 0 Å². The predicted molar refractivity (Wildman–Crippen MR) is 78.9 cm³/mol. The average molecular weight is 326 g/mol. The second-order valence-corrected chi connectivity index (χ2v) is 6.69. The summed E-state index contributed by atoms with van der Waals surface area (Å²) in [6.45, 7) is 5.02. The SMILES string of the molecule is CCNC(Cc1ccc(Br)s1)c1ncc(C)cn1. The topological polar surface area (TPSA) is 37.8 Å². The molecular formula is C13H16BrN3S. The molecule has 1 unspecified atom stereocenters. The monoisotopic (exact) mass is 325 g/mol. The van der Waals surface area contributed by atoms with Gasteiger partial charge in [0.15, 0.2) is 0 Å². The van der Waals surface area contributed by atoms with Crippen LogP contribution in [-0.2, 0) is 6.42 Å². The van der Waals surface area contributed by atoms with Crippen molar-refractivity contribution in [2.24, 2.45) is 0 Å². The van der Waals surface area contributed by atoms with Gasteiger partial charge in [-0.05, 0) is 47.1 Å². The summed E-state index contributed by atoms with van der Waals surface area (Å²) in [5.74, 6) is 0.868. The number of aromatic nitrogens is 2. The van der Waals surface area contributed by atoms with E-state index >= 15 is 0 Å². The van der Waals surface area contributed by atoms with Crippen molar-refractivity contribution in [1.82, 2.24) is 15.3 Å². The van der Waals surface area contributed by atoms with Crippen LogP contribution in [0, 0.1) is 6.92 Å². The van der Waals surface area contributed by atoms with Crippen LogP contribution in [0.4, 0.5) is 0 Å². The van der Waals surface area contributed by atoms with Gasteiger partial charge >= 0.3 is 0 Å². The highest BCUT2D eigenvalue weighted by molar-refractivity contribution is 9.11. The summed E-state index contributed by atoms with van der Waals surface area (Å²) in [5.41, 5.74) is 1.09. The minimum atomic E-state index is 0.182. The molecule has 0 saturated heterocycles. The van der Waals surface area contributed by atoms with Crippen molar-refractivity contribution in [2.45, 2.75) is 26.3 Å². The maximum atomic E-state index is 4.42. The molecule has 0 aliphatic rings. The first-order chi connectivity index (χ1) is 8.69. The Morgan fingerprint density at radius 3 is 2.61 bits per heavy atom. The minimum Gasteiger partial charge on any atom is -0.307 e. The van der Waals surface area contributed by atoms with Crippen LogP contribution < -0.4 is 5.32 Å². The summed E-state index contributed by atoms with van der Waals surface area (Å²) in [6.07, 6.45) is 4.67. The van der Waals surface area contributed by atoms with Crippen LogP contribution in [0.1, 0.15) is 29.2 Å². The first-order valence-electron chi connectivity index (χ1n) is 5.95. The number of hydrogen-bond donors (Lipinski definition) is 1. The summed E-state index contributed by atoms with van der Waals surface area (Å²) in [5, 5.41) is 3.44. The molecule has 3 nitrogen and oxygen atoms in total. The van der Waals surface area contributed by atoms with Gasteiger partial charge in [0, 0.05) is 23.7 Å². The summed E-state index contributed by atoms with van der Waals surface area (Å²) in [7, 11) is 0. The summed E-state index contributed by atoms with van der Waals surface area (Å²) >= 11 is 5.25. The van der Waals surface area contributed by atoms with E-state index in [-0.39, 0.29) is 6.04 Å². The first-order valence-corrected chi connectivity index (χ1v) is 7.56. The molecule has 0 aliphatic carbocycles. The second-order valence-electron chi connectivity index (χ2n) is 4.14. The highest BCUT2D eigenvalue weighted by atomic mass is 79.9. The number of hydrogen-bond acceptors (Lipinski definition) is 4. The third-order valence-electron chi connectivity index (χ3n) is 2.60. The van der Waals surface area contributed by atoms with E-state index in [4.69, 9.17) is 0 Å². The first kappa shape index (κ1) is 13.6. The maximum absolute atomic E-state index is 4.42. The lowest BCUT2D eigenvalue weighted by atomic mass is 10.1. The molecule has 1 N–H and O–H groups in total. The van der Waals surface area contributed by atoms with Crippen molar-refractivity contribution in [3.05, 3.63) is 44.6 Å². The van der Waals surface area contributed by atoms with Gasteiger partial charge < -0.3 is 5.32 Å². The molecule has 0 aliphatic heterocycles. The lowest BCUT2D eigenvalue weighted by molar-refractivity contribution is 0.524. The van der Waals surface area contributed by atoms with Gasteiger partial charge in [0.25, 0.3) is 0 Å². The van der Waals surface area contributed by atoms with Crippen molar-refractivity contribution in [3.63, 3.8) is 0 Å². The number of nitrogens with one attached hydrogen (secondary N) is 1. The van der Waals surface area contributed by atoms with E-state index < -0.39 is 0 Å². The number of halogens is 1. The van der Waals surface area contributed by atoms with E-state index in [1.807, 2.05) is 19.3 Å². The van der Waals surface area contributed by atoms with Gasteiger partial charge in [-0.25, -0.2) is 9.97 Å². The fourth-order valence-corrected chi connectivity index (χ4v) is 3.27. The molecule has 2 aromatic heterocycles. The molecule has 2 heterocycles. The van der Waals surface area contributed by atoms with Crippen molar-refractivity contribution in [2.75, 3.05) is 6.54 Å². The molecule has 96 valence electrons.